The van der Waals surface area contributed by atoms with E-state index in [4.69, 9.17) is 4.74 Å². The maximum absolute atomic E-state index is 13.4. The molecule has 1 spiro atoms. The first-order chi connectivity index (χ1) is 18.6. The molecule has 1 unspecified atom stereocenters. The Bertz CT molecular complexity index is 1080. The van der Waals surface area contributed by atoms with Gasteiger partial charge in [-0.3, -0.25) is 14.4 Å². The summed E-state index contributed by atoms with van der Waals surface area (Å²) in [6.45, 7) is 0.602. The second-order valence-electron chi connectivity index (χ2n) is 10.7. The minimum atomic E-state index is -4.81. The maximum Gasteiger partial charge on any atom is 0.573 e. The lowest BCUT2D eigenvalue weighted by atomic mass is 9.72. The summed E-state index contributed by atoms with van der Waals surface area (Å²) in [7, 11) is 0. The van der Waals surface area contributed by atoms with E-state index in [2.05, 4.69) is 21.4 Å². The number of hydrogen-bond donors (Lipinski definition) is 2. The molecule has 1 aromatic rings. The van der Waals surface area contributed by atoms with Crippen LogP contribution in [0.3, 0.4) is 0 Å². The first-order valence-corrected chi connectivity index (χ1v) is 13.3. The van der Waals surface area contributed by atoms with Gasteiger partial charge in [-0.25, -0.2) is 0 Å². The van der Waals surface area contributed by atoms with Gasteiger partial charge < -0.3 is 25.0 Å². The first kappa shape index (κ1) is 28.5. The predicted octanol–water partition coefficient (Wildman–Crippen LogP) is 3.44. The van der Waals surface area contributed by atoms with E-state index < -0.39 is 42.6 Å². The van der Waals surface area contributed by atoms with Crippen LogP contribution in [0.2, 0.25) is 0 Å². The van der Waals surface area contributed by atoms with Gasteiger partial charge in [0.15, 0.2) is 6.61 Å². The molecule has 4 rings (SSSR count). The second-order valence-corrected chi connectivity index (χ2v) is 10.7. The highest BCUT2D eigenvalue weighted by Crippen LogP contribution is 2.46. The van der Waals surface area contributed by atoms with Gasteiger partial charge in [0.05, 0.1) is 6.07 Å². The molecule has 212 valence electrons. The molecule has 2 aliphatic heterocycles. The third kappa shape index (κ3) is 7.55. The number of carbonyl (C=O) groups is 3. The lowest BCUT2D eigenvalue weighted by molar-refractivity contribution is -0.274. The topological polar surface area (TPSA) is 121 Å². The van der Waals surface area contributed by atoms with Crippen LogP contribution in [0.4, 0.5) is 13.2 Å². The van der Waals surface area contributed by atoms with Crippen molar-refractivity contribution >= 4 is 17.7 Å². The van der Waals surface area contributed by atoms with Gasteiger partial charge in [0.2, 0.25) is 11.8 Å². The number of rotatable bonds is 8. The van der Waals surface area contributed by atoms with Gasteiger partial charge in [0, 0.05) is 19.0 Å². The molecule has 9 nitrogen and oxygen atoms in total. The van der Waals surface area contributed by atoms with Gasteiger partial charge in [-0.2, -0.15) is 5.26 Å². The maximum atomic E-state index is 13.4. The minimum absolute atomic E-state index is 0.121. The molecule has 1 saturated carbocycles. The zero-order valence-corrected chi connectivity index (χ0v) is 21.6. The van der Waals surface area contributed by atoms with Crippen LogP contribution < -0.4 is 20.1 Å². The highest BCUT2D eigenvalue weighted by molar-refractivity contribution is 5.89. The summed E-state index contributed by atoms with van der Waals surface area (Å²) >= 11 is 0. The summed E-state index contributed by atoms with van der Waals surface area (Å²) in [5.41, 5.74) is -0.183. The van der Waals surface area contributed by atoms with Crippen molar-refractivity contribution in [2.24, 2.45) is 11.3 Å². The smallest absolute Gasteiger partial charge is 0.484 e. The molecular formula is C27H33F3N4O5. The fourth-order valence-corrected chi connectivity index (χ4v) is 5.94. The molecule has 39 heavy (non-hydrogen) atoms. The van der Waals surface area contributed by atoms with Crippen molar-refractivity contribution in [2.45, 2.75) is 76.2 Å². The fourth-order valence-electron chi connectivity index (χ4n) is 5.94. The number of hydrogen-bond acceptors (Lipinski definition) is 6. The number of nitriles is 1. The number of amides is 3. The van der Waals surface area contributed by atoms with Crippen molar-refractivity contribution < 1.29 is 37.0 Å². The van der Waals surface area contributed by atoms with Crippen molar-refractivity contribution in [3.8, 4) is 17.6 Å². The van der Waals surface area contributed by atoms with Crippen LogP contribution in [0.5, 0.6) is 11.5 Å². The predicted molar refractivity (Wildman–Crippen MR) is 132 cm³/mol. The van der Waals surface area contributed by atoms with Gasteiger partial charge in [-0.05, 0) is 68.2 Å². The van der Waals surface area contributed by atoms with Crippen LogP contribution in [0.25, 0.3) is 0 Å². The zero-order valence-electron chi connectivity index (χ0n) is 21.6. The molecule has 12 heteroatoms. The van der Waals surface area contributed by atoms with Crippen molar-refractivity contribution in [3.05, 3.63) is 24.3 Å². The number of benzene rings is 1. The first-order valence-electron chi connectivity index (χ1n) is 13.3. The Labute approximate surface area is 225 Å². The third-order valence-electron chi connectivity index (χ3n) is 7.86. The van der Waals surface area contributed by atoms with E-state index in [-0.39, 0.29) is 29.4 Å². The van der Waals surface area contributed by atoms with Gasteiger partial charge >= 0.3 is 6.36 Å². The van der Waals surface area contributed by atoms with Crippen LogP contribution in [-0.4, -0.2) is 60.8 Å². The molecule has 3 amide bonds. The lowest BCUT2D eigenvalue weighted by Crippen LogP contribution is -2.50. The van der Waals surface area contributed by atoms with Crippen LogP contribution in [0.15, 0.2) is 24.3 Å². The average Bonchev–Trinajstić information content (AvgIpc) is 3.27. The summed E-state index contributed by atoms with van der Waals surface area (Å²) in [6, 6.07) is 5.16. The van der Waals surface area contributed by atoms with E-state index in [0.717, 1.165) is 50.7 Å². The number of nitrogens with one attached hydrogen (secondary N) is 2. The van der Waals surface area contributed by atoms with Crippen molar-refractivity contribution in [1.82, 2.24) is 15.5 Å². The van der Waals surface area contributed by atoms with Crippen LogP contribution in [0.1, 0.15) is 57.8 Å². The largest absolute Gasteiger partial charge is 0.573 e. The quantitative estimate of drug-likeness (QED) is 0.512. The van der Waals surface area contributed by atoms with Crippen LogP contribution in [-0.2, 0) is 14.4 Å². The number of nitrogens with zero attached hydrogens (tertiary/aromatic N) is 2. The highest BCUT2D eigenvalue weighted by Gasteiger charge is 2.49. The normalized spacial score (nSPS) is 23.4. The summed E-state index contributed by atoms with van der Waals surface area (Å²) in [5, 5.41) is 15.2. The van der Waals surface area contributed by atoms with E-state index in [9.17, 15) is 32.8 Å². The molecule has 1 aromatic carbocycles. The molecule has 3 fully saturated rings. The molecule has 0 bridgehead atoms. The molecule has 2 saturated heterocycles. The van der Waals surface area contributed by atoms with E-state index in [1.807, 2.05) is 0 Å². The minimum Gasteiger partial charge on any atom is -0.484 e. The van der Waals surface area contributed by atoms with Crippen LogP contribution >= 0.6 is 0 Å². The van der Waals surface area contributed by atoms with Gasteiger partial charge in [-0.15, -0.1) is 13.2 Å². The average molecular weight is 551 g/mol. The van der Waals surface area contributed by atoms with Gasteiger partial charge in [0.25, 0.3) is 5.91 Å². The number of piperidine rings is 1. The highest BCUT2D eigenvalue weighted by atomic mass is 19.4. The standard InChI is InChI=1S/C27H33F3N4O5/c28-27(29,30)39-21-8-6-20(7-9-21)38-16-23(35)34-17-26(10-2-1-3-11-26)14-22(34)25(37)33-19(15-31)13-18-5-4-12-32-24(18)36/h6-9,18-19,22H,1-5,10-14,16-17H2,(H,32,36)(H,33,37)/t18-,19-,22?/m0/s1. The number of alkyl halides is 3. The summed E-state index contributed by atoms with van der Waals surface area (Å²) in [4.78, 5) is 40.3. The molecule has 3 aliphatic rings. The second kappa shape index (κ2) is 12.1. The number of likely N-dealkylation sites (tertiary alicyclic amines) is 1. The summed E-state index contributed by atoms with van der Waals surface area (Å²) in [5.74, 6) is -1.55. The third-order valence-corrected chi connectivity index (χ3v) is 7.86. The van der Waals surface area contributed by atoms with E-state index in [1.165, 1.54) is 17.0 Å². The Morgan fingerprint density at radius 2 is 1.85 bits per heavy atom. The van der Waals surface area contributed by atoms with E-state index >= 15 is 0 Å². The Hall–Kier alpha value is -3.49. The Morgan fingerprint density at radius 1 is 1.15 bits per heavy atom. The molecule has 3 atom stereocenters. The molecule has 2 N–H and O–H groups in total. The Kier molecular flexibility index (Phi) is 8.87. The van der Waals surface area contributed by atoms with Crippen molar-refractivity contribution in [2.75, 3.05) is 19.7 Å². The van der Waals surface area contributed by atoms with E-state index in [0.29, 0.717) is 25.9 Å². The van der Waals surface area contributed by atoms with E-state index in [1.54, 1.807) is 0 Å². The number of halogens is 3. The molecular weight excluding hydrogens is 517 g/mol. The number of carbonyl (C=O) groups excluding carboxylic acids is 3. The van der Waals surface area contributed by atoms with Crippen LogP contribution in [0, 0.1) is 22.7 Å². The monoisotopic (exact) mass is 550 g/mol. The molecule has 0 radical (unpaired) electrons. The molecule has 2 heterocycles. The zero-order chi connectivity index (χ0) is 28.0. The Balaban J connectivity index is 1.40. The summed E-state index contributed by atoms with van der Waals surface area (Å²) in [6.07, 6.45) is 2.25. The van der Waals surface area contributed by atoms with Crippen molar-refractivity contribution in [1.29, 1.82) is 5.26 Å². The fraction of sp³-hybridized carbons (Fsp3) is 0.630. The summed E-state index contributed by atoms with van der Waals surface area (Å²) < 4.78 is 46.5. The Morgan fingerprint density at radius 3 is 2.49 bits per heavy atom. The lowest BCUT2D eigenvalue weighted by Gasteiger charge is -2.33. The molecule has 0 aromatic heterocycles. The van der Waals surface area contributed by atoms with Gasteiger partial charge in [-0.1, -0.05) is 19.3 Å². The number of ether oxygens (including phenoxy) is 2. The van der Waals surface area contributed by atoms with Gasteiger partial charge in [0.1, 0.15) is 23.6 Å². The molecule has 1 aliphatic carbocycles. The SMILES string of the molecule is N#C[C@H](C[C@@H]1CCCNC1=O)NC(=O)C1CC2(CCCCC2)CN1C(=O)COc1ccc(OC(F)(F)F)cc1. The van der Waals surface area contributed by atoms with Crippen molar-refractivity contribution in [3.63, 3.8) is 0 Å².